The number of hydrogen-bond acceptors (Lipinski definition) is 5. The highest BCUT2D eigenvalue weighted by atomic mass is 32.1. The lowest BCUT2D eigenvalue weighted by molar-refractivity contribution is -0.141. The van der Waals surface area contributed by atoms with E-state index in [2.05, 4.69) is 10.3 Å². The first-order chi connectivity index (χ1) is 9.04. The second kappa shape index (κ2) is 4.41. The second-order valence-electron chi connectivity index (χ2n) is 4.92. The minimum atomic E-state index is -0.976. The SMILES string of the molecule is O=C1C[C@@H](C(=O)O)Cc2nc(NC(=O)C3CC3)sc21. The first-order valence-corrected chi connectivity index (χ1v) is 6.93. The third-order valence-corrected chi connectivity index (χ3v) is 4.40. The maximum absolute atomic E-state index is 11.8. The number of carbonyl (C=O) groups is 3. The van der Waals surface area contributed by atoms with Gasteiger partial charge in [-0.3, -0.25) is 14.4 Å². The zero-order valence-corrected chi connectivity index (χ0v) is 10.8. The number of nitrogens with one attached hydrogen (secondary N) is 1. The fourth-order valence-electron chi connectivity index (χ4n) is 2.11. The molecule has 1 amide bonds. The van der Waals surface area contributed by atoms with Gasteiger partial charge in [0, 0.05) is 18.8 Å². The average molecular weight is 280 g/mol. The van der Waals surface area contributed by atoms with Crippen molar-refractivity contribution in [3.8, 4) is 0 Å². The highest BCUT2D eigenvalue weighted by Gasteiger charge is 2.34. The summed E-state index contributed by atoms with van der Waals surface area (Å²) in [6.07, 6.45) is 2.07. The van der Waals surface area contributed by atoms with E-state index in [-0.39, 0.29) is 30.4 Å². The van der Waals surface area contributed by atoms with E-state index in [1.54, 1.807) is 0 Å². The second-order valence-corrected chi connectivity index (χ2v) is 5.92. The summed E-state index contributed by atoms with van der Waals surface area (Å²) in [5, 5.41) is 12.1. The van der Waals surface area contributed by atoms with Gasteiger partial charge in [-0.25, -0.2) is 4.98 Å². The number of anilines is 1. The number of rotatable bonds is 3. The van der Waals surface area contributed by atoms with Gasteiger partial charge in [-0.1, -0.05) is 11.3 Å². The van der Waals surface area contributed by atoms with Crippen molar-refractivity contribution >= 4 is 34.1 Å². The largest absolute Gasteiger partial charge is 0.481 e. The van der Waals surface area contributed by atoms with E-state index in [4.69, 9.17) is 5.11 Å². The Kier molecular flexibility index (Phi) is 2.85. The molecule has 0 saturated heterocycles. The van der Waals surface area contributed by atoms with Crippen molar-refractivity contribution in [2.75, 3.05) is 5.32 Å². The molecule has 0 aliphatic heterocycles. The molecular weight excluding hydrogens is 268 g/mol. The molecule has 0 radical (unpaired) electrons. The molecule has 3 rings (SSSR count). The van der Waals surface area contributed by atoms with Crippen LogP contribution in [-0.4, -0.2) is 27.8 Å². The molecule has 2 N–H and O–H groups in total. The molecule has 2 aliphatic carbocycles. The van der Waals surface area contributed by atoms with Crippen LogP contribution in [0.2, 0.25) is 0 Å². The molecule has 0 aromatic carbocycles. The van der Waals surface area contributed by atoms with E-state index in [1.165, 1.54) is 0 Å². The number of aliphatic carboxylic acids is 1. The standard InChI is InChI=1S/C12H12N2O4S/c15-8-4-6(11(17)18)3-7-9(8)19-12(13-7)14-10(16)5-1-2-5/h5-6H,1-4H2,(H,17,18)(H,13,14,16)/t6-/m0/s1. The molecule has 2 aliphatic rings. The molecule has 7 heteroatoms. The molecular formula is C12H12N2O4S. The summed E-state index contributed by atoms with van der Waals surface area (Å²) in [5.41, 5.74) is 0.500. The van der Waals surface area contributed by atoms with Crippen LogP contribution >= 0.6 is 11.3 Å². The number of amides is 1. The summed E-state index contributed by atoms with van der Waals surface area (Å²) in [4.78, 5) is 39.1. The first-order valence-electron chi connectivity index (χ1n) is 6.11. The normalized spacial score (nSPS) is 21.9. The van der Waals surface area contributed by atoms with Gasteiger partial charge in [0.25, 0.3) is 0 Å². The first kappa shape index (κ1) is 12.3. The third-order valence-electron chi connectivity index (χ3n) is 3.35. The van der Waals surface area contributed by atoms with E-state index in [9.17, 15) is 14.4 Å². The van der Waals surface area contributed by atoms with Crippen molar-refractivity contribution in [1.82, 2.24) is 4.98 Å². The quantitative estimate of drug-likeness (QED) is 0.870. The van der Waals surface area contributed by atoms with Crippen LogP contribution in [0.25, 0.3) is 0 Å². The third kappa shape index (κ3) is 2.37. The van der Waals surface area contributed by atoms with E-state index < -0.39 is 11.9 Å². The summed E-state index contributed by atoms with van der Waals surface area (Å²) < 4.78 is 0. The molecule has 19 heavy (non-hydrogen) atoms. The Hall–Kier alpha value is -1.76. The number of hydrogen-bond donors (Lipinski definition) is 2. The Morgan fingerprint density at radius 2 is 2.00 bits per heavy atom. The average Bonchev–Trinajstić information content (AvgIpc) is 3.11. The summed E-state index contributed by atoms with van der Waals surface area (Å²) in [7, 11) is 0. The Bertz CT molecular complexity index is 576. The molecule has 100 valence electrons. The number of nitrogens with zero attached hydrogens (tertiary/aromatic N) is 1. The number of Topliss-reactive ketones (excluding diaryl/α,β-unsaturated/α-hetero) is 1. The van der Waals surface area contributed by atoms with Crippen LogP contribution < -0.4 is 5.32 Å². The van der Waals surface area contributed by atoms with Gasteiger partial charge in [0.15, 0.2) is 10.9 Å². The van der Waals surface area contributed by atoms with Gasteiger partial charge >= 0.3 is 5.97 Å². The molecule has 0 unspecified atom stereocenters. The fourth-order valence-corrected chi connectivity index (χ4v) is 3.06. The molecule has 1 heterocycles. The Balaban J connectivity index is 1.80. The maximum atomic E-state index is 11.8. The fraction of sp³-hybridized carbons (Fsp3) is 0.500. The van der Waals surface area contributed by atoms with Gasteiger partial charge in [-0.2, -0.15) is 0 Å². The Labute approximate surface area is 112 Å². The number of carbonyl (C=O) groups excluding carboxylic acids is 2. The lowest BCUT2D eigenvalue weighted by Crippen LogP contribution is -2.25. The predicted molar refractivity (Wildman–Crippen MR) is 67.2 cm³/mol. The Morgan fingerprint density at radius 3 is 2.63 bits per heavy atom. The van der Waals surface area contributed by atoms with Crippen LogP contribution in [0.15, 0.2) is 0 Å². The van der Waals surface area contributed by atoms with Crippen LogP contribution in [0, 0.1) is 11.8 Å². The minimum absolute atomic E-state index is 0.0144. The summed E-state index contributed by atoms with van der Waals surface area (Å²) in [6, 6.07) is 0. The van der Waals surface area contributed by atoms with E-state index in [1.807, 2.05) is 0 Å². The van der Waals surface area contributed by atoms with Crippen LogP contribution in [0.3, 0.4) is 0 Å². The zero-order valence-electron chi connectivity index (χ0n) is 10.0. The van der Waals surface area contributed by atoms with E-state index in [0.29, 0.717) is 15.7 Å². The molecule has 1 aromatic heterocycles. The topological polar surface area (TPSA) is 96.4 Å². The minimum Gasteiger partial charge on any atom is -0.481 e. The monoisotopic (exact) mass is 280 g/mol. The predicted octanol–water partition coefficient (Wildman–Crippen LogP) is 1.32. The summed E-state index contributed by atoms with van der Waals surface area (Å²) in [5.74, 6) is -1.86. The Morgan fingerprint density at radius 1 is 1.26 bits per heavy atom. The van der Waals surface area contributed by atoms with Crippen LogP contribution in [0.5, 0.6) is 0 Å². The number of carboxylic acid groups (broad SMARTS) is 1. The van der Waals surface area contributed by atoms with Crippen LogP contribution in [0.4, 0.5) is 5.13 Å². The van der Waals surface area contributed by atoms with Gasteiger partial charge in [0.05, 0.1) is 16.5 Å². The molecule has 0 bridgehead atoms. The lowest BCUT2D eigenvalue weighted by Gasteiger charge is -2.15. The molecule has 1 aromatic rings. The van der Waals surface area contributed by atoms with Crippen molar-refractivity contribution < 1.29 is 19.5 Å². The molecule has 0 spiro atoms. The number of carboxylic acids is 1. The van der Waals surface area contributed by atoms with Gasteiger partial charge in [0.1, 0.15) is 0 Å². The maximum Gasteiger partial charge on any atom is 0.307 e. The highest BCUT2D eigenvalue weighted by molar-refractivity contribution is 7.17. The smallest absolute Gasteiger partial charge is 0.307 e. The van der Waals surface area contributed by atoms with Crippen molar-refractivity contribution in [3.63, 3.8) is 0 Å². The highest BCUT2D eigenvalue weighted by Crippen LogP contribution is 2.34. The number of ketones is 1. The van der Waals surface area contributed by atoms with Gasteiger partial charge in [-0.15, -0.1) is 0 Å². The lowest BCUT2D eigenvalue weighted by atomic mass is 9.90. The molecule has 1 saturated carbocycles. The van der Waals surface area contributed by atoms with E-state index in [0.717, 1.165) is 24.2 Å². The summed E-state index contributed by atoms with van der Waals surface area (Å²) in [6.45, 7) is 0. The van der Waals surface area contributed by atoms with Gasteiger partial charge < -0.3 is 10.4 Å². The summed E-state index contributed by atoms with van der Waals surface area (Å²) >= 11 is 1.15. The molecule has 1 atom stereocenters. The number of thiazole rings is 1. The zero-order chi connectivity index (χ0) is 13.6. The number of aromatic nitrogens is 1. The van der Waals surface area contributed by atoms with Crippen molar-refractivity contribution in [3.05, 3.63) is 10.6 Å². The molecule has 1 fully saturated rings. The van der Waals surface area contributed by atoms with Gasteiger partial charge in [0.2, 0.25) is 5.91 Å². The van der Waals surface area contributed by atoms with Crippen molar-refractivity contribution in [1.29, 1.82) is 0 Å². The van der Waals surface area contributed by atoms with Gasteiger partial charge in [-0.05, 0) is 12.8 Å². The van der Waals surface area contributed by atoms with Crippen molar-refractivity contribution in [2.45, 2.75) is 25.7 Å². The number of fused-ring (bicyclic) bond motifs is 1. The van der Waals surface area contributed by atoms with Crippen LogP contribution in [0.1, 0.15) is 34.6 Å². The van der Waals surface area contributed by atoms with E-state index >= 15 is 0 Å². The molecule has 6 nitrogen and oxygen atoms in total. The van der Waals surface area contributed by atoms with Crippen molar-refractivity contribution in [2.24, 2.45) is 11.8 Å². The van der Waals surface area contributed by atoms with Crippen LogP contribution in [-0.2, 0) is 16.0 Å².